The topological polar surface area (TPSA) is 84.9 Å². The van der Waals surface area contributed by atoms with Gasteiger partial charge in [-0.1, -0.05) is 49.1 Å². The summed E-state index contributed by atoms with van der Waals surface area (Å²) in [7, 11) is -3.89. The second-order valence-corrected chi connectivity index (χ2v) is 8.90. The number of carbonyl (C=O) groups excluding carboxylic acids is 1. The van der Waals surface area contributed by atoms with Crippen LogP contribution in [0.15, 0.2) is 96.4 Å². The van der Waals surface area contributed by atoms with E-state index in [1.165, 1.54) is 16.4 Å². The number of hydrogen-bond donors (Lipinski definition) is 1. The Morgan fingerprint density at radius 3 is 2.62 bits per heavy atom. The number of nitrogens with one attached hydrogen (secondary N) is 1. The molecule has 0 saturated heterocycles. The molecule has 0 radical (unpaired) electrons. The minimum absolute atomic E-state index is 0.142. The van der Waals surface area contributed by atoms with E-state index in [9.17, 15) is 13.2 Å². The van der Waals surface area contributed by atoms with Gasteiger partial charge in [-0.2, -0.15) is 0 Å². The lowest BCUT2D eigenvalue weighted by atomic mass is 10.2. The molecule has 1 atom stereocenters. The summed E-state index contributed by atoms with van der Waals surface area (Å²) >= 11 is 0. The van der Waals surface area contributed by atoms with E-state index in [0.717, 1.165) is 0 Å². The average molecular weight is 451 g/mol. The maximum Gasteiger partial charge on any atom is 0.267 e. The van der Waals surface area contributed by atoms with Gasteiger partial charge in [0.2, 0.25) is 0 Å². The molecule has 0 unspecified atom stereocenters. The molecule has 3 aromatic carbocycles. The van der Waals surface area contributed by atoms with Crippen molar-refractivity contribution in [3.8, 4) is 11.5 Å². The Hall–Kier alpha value is -3.78. The van der Waals surface area contributed by atoms with Crippen LogP contribution in [0.4, 0.5) is 11.4 Å². The molecule has 1 aliphatic heterocycles. The fraction of sp³-hybridized carbons (Fsp3) is 0.125. The number of ether oxygens (including phenoxy) is 2. The van der Waals surface area contributed by atoms with Crippen molar-refractivity contribution in [1.82, 2.24) is 0 Å². The minimum atomic E-state index is -3.89. The molecule has 1 N–H and O–H groups in total. The largest absolute Gasteiger partial charge is 0.489 e. The summed E-state index contributed by atoms with van der Waals surface area (Å²) < 4.78 is 39.2. The first-order valence-corrected chi connectivity index (χ1v) is 11.4. The van der Waals surface area contributed by atoms with Crippen molar-refractivity contribution in [2.75, 3.05) is 22.8 Å². The zero-order valence-corrected chi connectivity index (χ0v) is 18.0. The molecule has 1 aliphatic rings. The highest BCUT2D eigenvalue weighted by Crippen LogP contribution is 2.37. The van der Waals surface area contributed by atoms with E-state index in [2.05, 4.69) is 11.9 Å². The van der Waals surface area contributed by atoms with Gasteiger partial charge < -0.3 is 14.8 Å². The van der Waals surface area contributed by atoms with Crippen LogP contribution in [-0.2, 0) is 14.8 Å². The fourth-order valence-corrected chi connectivity index (χ4v) is 4.82. The van der Waals surface area contributed by atoms with Crippen molar-refractivity contribution >= 4 is 27.3 Å². The molecule has 1 heterocycles. The first kappa shape index (κ1) is 21.5. The summed E-state index contributed by atoms with van der Waals surface area (Å²) in [6.07, 6.45) is 0.585. The van der Waals surface area contributed by atoms with Crippen molar-refractivity contribution in [3.63, 3.8) is 0 Å². The fourth-order valence-electron chi connectivity index (χ4n) is 3.33. The lowest BCUT2D eigenvalue weighted by molar-refractivity contribution is -0.122. The third-order valence-corrected chi connectivity index (χ3v) is 6.62. The predicted octanol–water partition coefficient (Wildman–Crippen LogP) is 3.85. The molecule has 4 rings (SSSR count). The van der Waals surface area contributed by atoms with E-state index in [0.29, 0.717) is 29.5 Å². The van der Waals surface area contributed by atoms with Gasteiger partial charge in [-0.05, 0) is 36.4 Å². The Balaban J connectivity index is 1.60. The highest BCUT2D eigenvalue weighted by Gasteiger charge is 2.37. The van der Waals surface area contributed by atoms with Gasteiger partial charge in [0, 0.05) is 11.8 Å². The van der Waals surface area contributed by atoms with Crippen LogP contribution < -0.4 is 19.1 Å². The van der Waals surface area contributed by atoms with E-state index in [-0.39, 0.29) is 11.4 Å². The molecule has 164 valence electrons. The number of hydrogen-bond acceptors (Lipinski definition) is 5. The van der Waals surface area contributed by atoms with Crippen LogP contribution in [0.5, 0.6) is 11.5 Å². The lowest BCUT2D eigenvalue weighted by Crippen LogP contribution is -2.48. The number of fused-ring (bicyclic) bond motifs is 1. The van der Waals surface area contributed by atoms with E-state index < -0.39 is 22.0 Å². The SMILES string of the molecule is C=CCOc1cccc(NC(=O)[C@@H]2CN(S(=O)(=O)c3ccccc3)c3ccccc3O2)c1. The third-order valence-electron chi connectivity index (χ3n) is 4.83. The van der Waals surface area contributed by atoms with Gasteiger partial charge >= 0.3 is 0 Å². The second kappa shape index (κ2) is 9.15. The standard InChI is InChI=1S/C24H22N2O5S/c1-2-15-30-19-10-8-9-18(16-19)25-24(27)23-17-26(21-13-6-7-14-22(21)31-23)32(28,29)20-11-4-3-5-12-20/h2-14,16,23H,1,15,17H2,(H,25,27)/t23-/m0/s1. The van der Waals surface area contributed by atoms with E-state index in [4.69, 9.17) is 9.47 Å². The van der Waals surface area contributed by atoms with Crippen molar-refractivity contribution < 1.29 is 22.7 Å². The number of benzene rings is 3. The van der Waals surface area contributed by atoms with Crippen molar-refractivity contribution in [1.29, 1.82) is 0 Å². The molecule has 0 bridgehead atoms. The van der Waals surface area contributed by atoms with Gasteiger partial charge in [0.15, 0.2) is 6.10 Å². The number of anilines is 2. The Kier molecular flexibility index (Phi) is 6.13. The maximum absolute atomic E-state index is 13.3. The Labute approximate surface area is 186 Å². The first-order chi connectivity index (χ1) is 15.5. The zero-order valence-electron chi connectivity index (χ0n) is 17.2. The van der Waals surface area contributed by atoms with Crippen LogP contribution in [0.1, 0.15) is 0 Å². The maximum atomic E-state index is 13.3. The molecule has 3 aromatic rings. The summed E-state index contributed by atoms with van der Waals surface area (Å²) in [4.78, 5) is 13.1. The average Bonchev–Trinajstić information content (AvgIpc) is 2.82. The van der Waals surface area contributed by atoms with Crippen LogP contribution in [-0.4, -0.2) is 33.6 Å². The molecule has 7 nitrogen and oxygen atoms in total. The second-order valence-electron chi connectivity index (χ2n) is 7.04. The number of para-hydroxylation sites is 2. The van der Waals surface area contributed by atoms with Crippen LogP contribution in [0, 0.1) is 0 Å². The molecule has 1 amide bonds. The summed E-state index contributed by atoms with van der Waals surface area (Å²) in [5, 5.41) is 2.78. The van der Waals surface area contributed by atoms with Gasteiger partial charge in [0.1, 0.15) is 18.1 Å². The number of nitrogens with zero attached hydrogens (tertiary/aromatic N) is 1. The molecule has 0 spiro atoms. The zero-order chi connectivity index (χ0) is 22.6. The number of carbonyl (C=O) groups is 1. The molecule has 0 aromatic heterocycles. The summed E-state index contributed by atoms with van der Waals surface area (Å²) in [6.45, 7) is 3.79. The van der Waals surface area contributed by atoms with Gasteiger partial charge in [0.05, 0.1) is 17.1 Å². The number of sulfonamides is 1. The molecule has 0 saturated carbocycles. The summed E-state index contributed by atoms with van der Waals surface area (Å²) in [5.74, 6) is 0.431. The normalized spacial score (nSPS) is 15.2. The smallest absolute Gasteiger partial charge is 0.267 e. The minimum Gasteiger partial charge on any atom is -0.489 e. The Morgan fingerprint density at radius 2 is 1.84 bits per heavy atom. The van der Waals surface area contributed by atoms with Crippen LogP contribution in [0.2, 0.25) is 0 Å². The highest BCUT2D eigenvalue weighted by atomic mass is 32.2. The van der Waals surface area contributed by atoms with E-state index >= 15 is 0 Å². The summed E-state index contributed by atoms with van der Waals surface area (Å²) in [6, 6.07) is 21.8. The van der Waals surface area contributed by atoms with E-state index in [1.54, 1.807) is 72.8 Å². The molecule has 8 heteroatoms. The van der Waals surface area contributed by atoms with Crippen molar-refractivity contribution in [2.45, 2.75) is 11.0 Å². The van der Waals surface area contributed by atoms with Gasteiger partial charge in [-0.15, -0.1) is 0 Å². The van der Waals surface area contributed by atoms with Crippen LogP contribution in [0.25, 0.3) is 0 Å². The number of amides is 1. The Bertz CT molecular complexity index is 1230. The van der Waals surface area contributed by atoms with Crippen LogP contribution in [0.3, 0.4) is 0 Å². The quantitative estimate of drug-likeness (QED) is 0.553. The third kappa shape index (κ3) is 4.45. The first-order valence-electron chi connectivity index (χ1n) is 9.97. The summed E-state index contributed by atoms with van der Waals surface area (Å²) in [5.41, 5.74) is 0.900. The molecule has 32 heavy (non-hydrogen) atoms. The molecular weight excluding hydrogens is 428 g/mol. The van der Waals surface area contributed by atoms with Gasteiger partial charge in [0.25, 0.3) is 15.9 Å². The van der Waals surface area contributed by atoms with Gasteiger partial charge in [-0.3, -0.25) is 9.10 Å². The number of rotatable bonds is 7. The highest BCUT2D eigenvalue weighted by molar-refractivity contribution is 7.92. The molecule has 0 fully saturated rings. The van der Waals surface area contributed by atoms with Gasteiger partial charge in [-0.25, -0.2) is 8.42 Å². The van der Waals surface area contributed by atoms with Crippen molar-refractivity contribution in [3.05, 3.63) is 91.5 Å². The van der Waals surface area contributed by atoms with E-state index in [1.807, 2.05) is 0 Å². The van der Waals surface area contributed by atoms with Crippen LogP contribution >= 0.6 is 0 Å². The van der Waals surface area contributed by atoms with Crippen molar-refractivity contribution in [2.24, 2.45) is 0 Å². The monoisotopic (exact) mass is 450 g/mol. The molecule has 0 aliphatic carbocycles. The Morgan fingerprint density at radius 1 is 1.09 bits per heavy atom. The molecular formula is C24H22N2O5S. The predicted molar refractivity (Wildman–Crippen MR) is 123 cm³/mol. The lowest BCUT2D eigenvalue weighted by Gasteiger charge is -2.34.